The second-order valence-corrected chi connectivity index (χ2v) is 7.45. The minimum atomic E-state index is -3.25. The normalized spacial score (nSPS) is 26.9. The fraction of sp³-hybridized carbons (Fsp3) is 1.00. The van der Waals surface area contributed by atoms with Crippen molar-refractivity contribution in [2.75, 3.05) is 26.2 Å². The van der Waals surface area contributed by atoms with Crippen LogP contribution in [-0.4, -0.2) is 55.4 Å². The molecule has 2 N–H and O–H groups in total. The molecule has 0 aromatic heterocycles. The van der Waals surface area contributed by atoms with Crippen LogP contribution in [0.25, 0.3) is 0 Å². The first kappa shape index (κ1) is 14.2. The summed E-state index contributed by atoms with van der Waals surface area (Å²) in [5, 5.41) is 12.0. The third kappa shape index (κ3) is 3.04. The van der Waals surface area contributed by atoms with Gasteiger partial charge >= 0.3 is 0 Å². The minimum Gasteiger partial charge on any atom is -0.395 e. The number of nitrogens with one attached hydrogen (secondary N) is 1. The van der Waals surface area contributed by atoms with Gasteiger partial charge < -0.3 is 10.4 Å². The van der Waals surface area contributed by atoms with Crippen molar-refractivity contribution < 1.29 is 13.5 Å². The summed E-state index contributed by atoms with van der Waals surface area (Å²) in [6.45, 7) is 1.50. The fourth-order valence-corrected chi connectivity index (χ4v) is 5.15. The first-order valence-corrected chi connectivity index (χ1v) is 8.49. The van der Waals surface area contributed by atoms with Crippen molar-refractivity contribution in [1.82, 2.24) is 9.62 Å². The van der Waals surface area contributed by atoms with E-state index in [2.05, 4.69) is 5.32 Å². The monoisotopic (exact) mass is 276 g/mol. The molecule has 0 amide bonds. The van der Waals surface area contributed by atoms with E-state index in [4.69, 9.17) is 5.11 Å². The molecule has 2 fully saturated rings. The van der Waals surface area contributed by atoms with Gasteiger partial charge in [-0.25, -0.2) is 8.42 Å². The Morgan fingerprint density at radius 2 is 1.89 bits per heavy atom. The molecule has 1 saturated carbocycles. The lowest BCUT2D eigenvalue weighted by atomic mass is 9.95. The Hall–Kier alpha value is -0.170. The average molecular weight is 276 g/mol. The Morgan fingerprint density at radius 1 is 1.17 bits per heavy atom. The lowest BCUT2D eigenvalue weighted by Gasteiger charge is -2.34. The first-order chi connectivity index (χ1) is 8.66. The highest BCUT2D eigenvalue weighted by Crippen LogP contribution is 2.27. The van der Waals surface area contributed by atoms with Gasteiger partial charge in [0.15, 0.2) is 0 Å². The van der Waals surface area contributed by atoms with E-state index in [9.17, 15) is 8.42 Å². The van der Waals surface area contributed by atoms with Gasteiger partial charge in [-0.1, -0.05) is 19.3 Å². The third-order valence-corrected chi connectivity index (χ3v) is 6.44. The molecule has 0 bridgehead atoms. The van der Waals surface area contributed by atoms with E-state index in [1.165, 1.54) is 6.42 Å². The number of aliphatic hydroxyl groups is 1. The Balaban J connectivity index is 2.11. The smallest absolute Gasteiger partial charge is 0.218 e. The zero-order chi connectivity index (χ0) is 13.0. The van der Waals surface area contributed by atoms with E-state index < -0.39 is 10.0 Å². The summed E-state index contributed by atoms with van der Waals surface area (Å²) in [6, 6.07) is 0.108. The van der Waals surface area contributed by atoms with Gasteiger partial charge in [-0.3, -0.25) is 0 Å². The number of nitrogens with zero attached hydrogens (tertiary/aromatic N) is 1. The molecule has 5 nitrogen and oxygen atoms in total. The van der Waals surface area contributed by atoms with Crippen molar-refractivity contribution in [2.45, 2.75) is 49.8 Å². The van der Waals surface area contributed by atoms with E-state index in [0.717, 1.165) is 32.2 Å². The van der Waals surface area contributed by atoms with Gasteiger partial charge in [-0.15, -0.1) is 0 Å². The predicted octanol–water partition coefficient (Wildman–Crippen LogP) is 0.305. The van der Waals surface area contributed by atoms with Crippen molar-refractivity contribution >= 4 is 10.0 Å². The van der Waals surface area contributed by atoms with Crippen LogP contribution in [0.4, 0.5) is 0 Å². The van der Waals surface area contributed by atoms with Crippen molar-refractivity contribution in [3.63, 3.8) is 0 Å². The van der Waals surface area contributed by atoms with Gasteiger partial charge in [-0.2, -0.15) is 4.31 Å². The summed E-state index contributed by atoms with van der Waals surface area (Å²) in [4.78, 5) is 0. The number of sulfonamides is 1. The SMILES string of the molecule is O=S(=O)(C1CCNC1)N(CCO)C1CCCCC1. The Kier molecular flexibility index (Phi) is 5.00. The van der Waals surface area contributed by atoms with Crippen LogP contribution in [0.15, 0.2) is 0 Å². The van der Waals surface area contributed by atoms with Gasteiger partial charge in [0.05, 0.1) is 11.9 Å². The van der Waals surface area contributed by atoms with Gasteiger partial charge in [0.1, 0.15) is 0 Å². The maximum absolute atomic E-state index is 12.6. The first-order valence-electron chi connectivity index (χ1n) is 6.98. The van der Waals surface area contributed by atoms with E-state index >= 15 is 0 Å². The topological polar surface area (TPSA) is 69.6 Å². The maximum Gasteiger partial charge on any atom is 0.218 e. The van der Waals surface area contributed by atoms with Crippen LogP contribution in [-0.2, 0) is 10.0 Å². The summed E-state index contributed by atoms with van der Waals surface area (Å²) >= 11 is 0. The quantitative estimate of drug-likeness (QED) is 0.758. The highest BCUT2D eigenvalue weighted by atomic mass is 32.2. The van der Waals surface area contributed by atoms with E-state index in [1.807, 2.05) is 0 Å². The summed E-state index contributed by atoms with van der Waals surface area (Å²) in [5.41, 5.74) is 0. The molecule has 18 heavy (non-hydrogen) atoms. The van der Waals surface area contributed by atoms with Crippen LogP contribution in [0.1, 0.15) is 38.5 Å². The van der Waals surface area contributed by atoms with Gasteiger partial charge in [-0.05, 0) is 25.8 Å². The standard InChI is InChI=1S/C12H24N2O3S/c15-9-8-14(11-4-2-1-3-5-11)18(16,17)12-6-7-13-10-12/h11-13,15H,1-10H2. The molecule has 0 aromatic rings. The third-order valence-electron chi connectivity index (χ3n) is 4.07. The second kappa shape index (κ2) is 6.32. The zero-order valence-corrected chi connectivity index (χ0v) is 11.7. The lowest BCUT2D eigenvalue weighted by molar-refractivity contribution is 0.198. The Labute approximate surface area is 110 Å². The van der Waals surface area contributed by atoms with Gasteiger partial charge in [0.25, 0.3) is 0 Å². The van der Waals surface area contributed by atoms with Crippen molar-refractivity contribution in [3.8, 4) is 0 Å². The highest BCUT2D eigenvalue weighted by molar-refractivity contribution is 7.89. The Bertz CT molecular complexity index is 346. The summed E-state index contributed by atoms with van der Waals surface area (Å²) in [6.07, 6.45) is 5.99. The fourth-order valence-electron chi connectivity index (χ4n) is 3.06. The molecule has 0 radical (unpaired) electrons. The highest BCUT2D eigenvalue weighted by Gasteiger charge is 2.37. The summed E-state index contributed by atoms with van der Waals surface area (Å²) in [5.74, 6) is 0. The zero-order valence-electron chi connectivity index (χ0n) is 10.8. The summed E-state index contributed by atoms with van der Waals surface area (Å²) < 4.78 is 26.8. The Morgan fingerprint density at radius 3 is 2.44 bits per heavy atom. The molecule has 1 aliphatic carbocycles. The second-order valence-electron chi connectivity index (χ2n) is 5.29. The lowest BCUT2D eigenvalue weighted by Crippen LogP contribution is -2.47. The van der Waals surface area contributed by atoms with E-state index in [1.54, 1.807) is 4.31 Å². The molecule has 1 atom stereocenters. The molecular weight excluding hydrogens is 252 g/mol. The molecule has 2 rings (SSSR count). The minimum absolute atomic E-state index is 0.0874. The average Bonchev–Trinajstić information content (AvgIpc) is 2.91. The number of rotatable bonds is 5. The summed E-state index contributed by atoms with van der Waals surface area (Å²) in [7, 11) is -3.25. The maximum atomic E-state index is 12.6. The van der Waals surface area contributed by atoms with Gasteiger partial charge in [0.2, 0.25) is 10.0 Å². The molecule has 2 aliphatic rings. The molecule has 6 heteroatoms. The van der Waals surface area contributed by atoms with Crippen molar-refractivity contribution in [1.29, 1.82) is 0 Å². The molecule has 1 unspecified atom stereocenters. The van der Waals surface area contributed by atoms with Crippen LogP contribution in [0, 0.1) is 0 Å². The van der Waals surface area contributed by atoms with Crippen LogP contribution in [0.3, 0.4) is 0 Å². The van der Waals surface area contributed by atoms with E-state index in [0.29, 0.717) is 13.0 Å². The van der Waals surface area contributed by atoms with Crippen LogP contribution in [0.5, 0.6) is 0 Å². The molecule has 0 aromatic carbocycles. The molecule has 1 heterocycles. The molecule has 1 saturated heterocycles. The number of hydrogen-bond donors (Lipinski definition) is 2. The number of hydrogen-bond acceptors (Lipinski definition) is 4. The van der Waals surface area contributed by atoms with Crippen LogP contribution < -0.4 is 5.32 Å². The van der Waals surface area contributed by atoms with Gasteiger partial charge in [0, 0.05) is 19.1 Å². The molecule has 1 aliphatic heterocycles. The largest absolute Gasteiger partial charge is 0.395 e. The van der Waals surface area contributed by atoms with E-state index in [-0.39, 0.29) is 24.4 Å². The van der Waals surface area contributed by atoms with Crippen molar-refractivity contribution in [2.24, 2.45) is 0 Å². The van der Waals surface area contributed by atoms with Crippen LogP contribution in [0.2, 0.25) is 0 Å². The molecule has 106 valence electrons. The predicted molar refractivity (Wildman–Crippen MR) is 70.9 cm³/mol. The molecule has 0 spiro atoms. The molecular formula is C12H24N2O3S. The number of aliphatic hydroxyl groups excluding tert-OH is 1. The van der Waals surface area contributed by atoms with Crippen molar-refractivity contribution in [3.05, 3.63) is 0 Å². The van der Waals surface area contributed by atoms with Crippen LogP contribution >= 0.6 is 0 Å².